The number of amides is 2. The maximum absolute atomic E-state index is 12.4. The summed E-state index contributed by atoms with van der Waals surface area (Å²) in [6.45, 7) is 9.86. The van der Waals surface area contributed by atoms with E-state index in [9.17, 15) is 9.90 Å². The Morgan fingerprint density at radius 3 is 2.48 bits per heavy atom. The van der Waals surface area contributed by atoms with Crippen LogP contribution < -0.4 is 15.5 Å². The quantitative estimate of drug-likeness (QED) is 0.259. The van der Waals surface area contributed by atoms with Crippen molar-refractivity contribution in [3.8, 4) is 22.5 Å². The van der Waals surface area contributed by atoms with Crippen molar-refractivity contribution in [2.45, 2.75) is 13.8 Å². The zero-order chi connectivity index (χ0) is 29.5. The van der Waals surface area contributed by atoms with E-state index in [2.05, 4.69) is 37.6 Å². The van der Waals surface area contributed by atoms with E-state index in [-0.39, 0.29) is 12.6 Å². The number of aliphatic hydroxyl groups excluding tert-OH is 1. The Hall–Kier alpha value is -4.48. The molecule has 0 bridgehead atoms. The van der Waals surface area contributed by atoms with Crippen LogP contribution in [0.25, 0.3) is 22.5 Å². The van der Waals surface area contributed by atoms with Gasteiger partial charge in [-0.2, -0.15) is 5.10 Å². The number of carbonyl (C=O) groups excluding carboxylic acids is 1. The van der Waals surface area contributed by atoms with Gasteiger partial charge in [0.1, 0.15) is 5.69 Å². The first-order chi connectivity index (χ1) is 20.5. The van der Waals surface area contributed by atoms with E-state index in [0.29, 0.717) is 19.0 Å². The number of β-amino-alcohol motifs (C(OH)–C–C–N with tert-alkyl or cyclic N) is 1. The van der Waals surface area contributed by atoms with E-state index < -0.39 is 0 Å². The van der Waals surface area contributed by atoms with Crippen LogP contribution in [0.2, 0.25) is 0 Å². The molecule has 0 radical (unpaired) electrons. The topological polar surface area (TPSA) is 115 Å². The number of urea groups is 1. The van der Waals surface area contributed by atoms with Gasteiger partial charge in [0.05, 0.1) is 12.3 Å². The lowest BCUT2D eigenvalue weighted by atomic mass is 10.1. The first-order valence-corrected chi connectivity index (χ1v) is 14.5. The van der Waals surface area contributed by atoms with E-state index in [1.165, 1.54) is 0 Å². The third-order valence-electron chi connectivity index (χ3n) is 7.48. The second-order valence-electron chi connectivity index (χ2n) is 10.2. The monoisotopic (exact) mass is 569 g/mol. The first-order valence-electron chi connectivity index (χ1n) is 14.5. The minimum absolute atomic E-state index is 0.113. The molecule has 0 unspecified atom stereocenters. The number of benzene rings is 2. The minimum atomic E-state index is -0.113. The van der Waals surface area contributed by atoms with Gasteiger partial charge in [-0.05, 0) is 50.2 Å². The summed E-state index contributed by atoms with van der Waals surface area (Å²) < 4.78 is 1.78. The molecule has 0 spiro atoms. The highest BCUT2D eigenvalue weighted by atomic mass is 16.3. The predicted octanol–water partition coefficient (Wildman–Crippen LogP) is 4.28. The highest BCUT2D eigenvalue weighted by Gasteiger charge is 2.18. The van der Waals surface area contributed by atoms with Gasteiger partial charge < -0.3 is 25.5 Å². The summed E-state index contributed by atoms with van der Waals surface area (Å²) in [6.07, 6.45) is 3.70. The Morgan fingerprint density at radius 2 is 1.76 bits per heavy atom. The molecule has 1 saturated heterocycles. The molecule has 1 aliphatic rings. The van der Waals surface area contributed by atoms with E-state index in [1.54, 1.807) is 15.8 Å². The number of rotatable bonds is 10. The third kappa shape index (κ3) is 6.87. The number of hydrogen-bond acceptors (Lipinski definition) is 8. The number of aryl methyl sites for hydroxylation is 1. The number of nitrogens with zero attached hydrogens (tertiary/aromatic N) is 7. The van der Waals surface area contributed by atoms with Gasteiger partial charge in [-0.25, -0.2) is 14.8 Å². The number of hydrogen-bond donors (Lipinski definition) is 3. The normalized spacial score (nSPS) is 13.7. The van der Waals surface area contributed by atoms with Crippen LogP contribution in [0.5, 0.6) is 0 Å². The van der Waals surface area contributed by atoms with Crippen LogP contribution in [0.3, 0.4) is 0 Å². The molecule has 1 fully saturated rings. The second-order valence-corrected chi connectivity index (χ2v) is 10.2. The Bertz CT molecular complexity index is 1480. The van der Waals surface area contributed by atoms with Crippen LogP contribution in [-0.4, -0.2) is 93.1 Å². The fourth-order valence-electron chi connectivity index (χ4n) is 5.16. The molecule has 11 nitrogen and oxygen atoms in total. The molecule has 2 amide bonds. The molecule has 2 aromatic heterocycles. The molecule has 3 N–H and O–H groups in total. The van der Waals surface area contributed by atoms with Gasteiger partial charge in [0.25, 0.3) is 0 Å². The smallest absolute Gasteiger partial charge is 0.321 e. The number of aliphatic hydroxyl groups is 1. The molecule has 0 aliphatic carbocycles. The summed E-state index contributed by atoms with van der Waals surface area (Å²) in [4.78, 5) is 28.1. The minimum Gasteiger partial charge on any atom is -0.395 e. The van der Waals surface area contributed by atoms with Crippen LogP contribution in [0, 0.1) is 0 Å². The van der Waals surface area contributed by atoms with E-state index in [0.717, 1.165) is 72.3 Å². The van der Waals surface area contributed by atoms with Gasteiger partial charge >= 0.3 is 6.03 Å². The molecule has 220 valence electrons. The van der Waals surface area contributed by atoms with Gasteiger partial charge in [-0.3, -0.25) is 9.58 Å². The summed E-state index contributed by atoms with van der Waals surface area (Å²) in [7, 11) is 1.89. The van der Waals surface area contributed by atoms with E-state index >= 15 is 0 Å². The van der Waals surface area contributed by atoms with Crippen molar-refractivity contribution >= 4 is 29.0 Å². The molecule has 3 heterocycles. The Kier molecular flexibility index (Phi) is 9.30. The predicted molar refractivity (Wildman–Crippen MR) is 167 cm³/mol. The van der Waals surface area contributed by atoms with Crippen molar-refractivity contribution in [2.75, 3.05) is 68.0 Å². The molecule has 42 heavy (non-hydrogen) atoms. The van der Waals surface area contributed by atoms with Crippen LogP contribution in [-0.2, 0) is 7.05 Å². The van der Waals surface area contributed by atoms with Crippen molar-refractivity contribution in [3.63, 3.8) is 0 Å². The van der Waals surface area contributed by atoms with Crippen molar-refractivity contribution in [1.82, 2.24) is 29.5 Å². The summed E-state index contributed by atoms with van der Waals surface area (Å²) in [5, 5.41) is 20.3. The molecule has 4 aromatic rings. The van der Waals surface area contributed by atoms with E-state index in [4.69, 9.17) is 10.1 Å². The van der Waals surface area contributed by atoms with Crippen molar-refractivity contribution < 1.29 is 9.90 Å². The van der Waals surface area contributed by atoms with Crippen LogP contribution in [0.1, 0.15) is 13.8 Å². The fraction of sp³-hybridized carbons (Fsp3) is 0.355. The Balaban J connectivity index is 1.31. The van der Waals surface area contributed by atoms with E-state index in [1.807, 2.05) is 69.6 Å². The van der Waals surface area contributed by atoms with Crippen LogP contribution in [0.4, 0.5) is 27.8 Å². The highest BCUT2D eigenvalue weighted by molar-refractivity contribution is 5.90. The van der Waals surface area contributed by atoms with Crippen molar-refractivity contribution in [2.24, 2.45) is 7.05 Å². The van der Waals surface area contributed by atoms with Gasteiger partial charge in [0.15, 0.2) is 0 Å². The number of anilines is 4. The van der Waals surface area contributed by atoms with Gasteiger partial charge in [-0.15, -0.1) is 0 Å². The zero-order valence-electron chi connectivity index (χ0n) is 24.5. The maximum atomic E-state index is 12.4. The average molecular weight is 570 g/mol. The third-order valence-corrected chi connectivity index (χ3v) is 7.48. The standard InChI is InChI=1S/C31H39N9O2/c1-4-39(5-2)31(42)34-24-11-9-23(10-12-24)29-27(22-37(3)36-29)28-13-14-32-30(35-28)33-25-7-6-8-26(21-25)40-17-15-38(16-18-40)19-20-41/h6-14,21-22,41H,4-5,15-20H2,1-3H3,(H,34,42)(H,32,33,35). The largest absolute Gasteiger partial charge is 0.395 e. The SMILES string of the molecule is CCN(CC)C(=O)Nc1ccc(-c2nn(C)cc2-c2ccnc(Nc3cccc(N4CCN(CCO)CC4)c3)n2)cc1. The van der Waals surface area contributed by atoms with Crippen molar-refractivity contribution in [1.29, 1.82) is 0 Å². The average Bonchev–Trinajstić information content (AvgIpc) is 3.40. The van der Waals surface area contributed by atoms with Gasteiger partial charge in [0, 0.05) is 93.4 Å². The van der Waals surface area contributed by atoms with Crippen LogP contribution >= 0.6 is 0 Å². The summed E-state index contributed by atoms with van der Waals surface area (Å²) in [6, 6.07) is 17.7. The summed E-state index contributed by atoms with van der Waals surface area (Å²) in [5.74, 6) is 0.502. The van der Waals surface area contributed by atoms with Gasteiger partial charge in [-0.1, -0.05) is 18.2 Å². The lowest BCUT2D eigenvalue weighted by Crippen LogP contribution is -2.47. The summed E-state index contributed by atoms with van der Waals surface area (Å²) in [5.41, 5.74) is 6.15. The molecule has 5 rings (SSSR count). The molecule has 1 aliphatic heterocycles. The number of aromatic nitrogens is 4. The molecule has 11 heteroatoms. The Labute approximate surface area is 246 Å². The number of nitrogens with one attached hydrogen (secondary N) is 2. The van der Waals surface area contributed by atoms with Crippen molar-refractivity contribution in [3.05, 3.63) is 67.0 Å². The lowest BCUT2D eigenvalue weighted by Gasteiger charge is -2.35. The molecular weight excluding hydrogens is 530 g/mol. The zero-order valence-corrected chi connectivity index (χ0v) is 24.5. The Morgan fingerprint density at radius 1 is 1.00 bits per heavy atom. The fourth-order valence-corrected chi connectivity index (χ4v) is 5.16. The van der Waals surface area contributed by atoms with Gasteiger partial charge in [0.2, 0.25) is 5.95 Å². The summed E-state index contributed by atoms with van der Waals surface area (Å²) >= 11 is 0. The maximum Gasteiger partial charge on any atom is 0.321 e. The molecule has 0 saturated carbocycles. The second kappa shape index (κ2) is 13.5. The molecular formula is C31H39N9O2. The molecule has 0 atom stereocenters. The number of carbonyl (C=O) groups is 1. The molecule has 2 aromatic carbocycles. The first kappa shape index (κ1) is 29.0. The number of piperazine rings is 1. The van der Waals surface area contributed by atoms with Crippen LogP contribution in [0.15, 0.2) is 67.0 Å². The highest BCUT2D eigenvalue weighted by Crippen LogP contribution is 2.31. The lowest BCUT2D eigenvalue weighted by molar-refractivity contribution is 0.189.